The topological polar surface area (TPSA) is 69.8 Å². The van der Waals surface area contributed by atoms with Crippen LogP contribution in [0.1, 0.15) is 17.7 Å². The monoisotopic (exact) mass is 354 g/mol. The predicted octanol–water partition coefficient (Wildman–Crippen LogP) is 2.78. The quantitative estimate of drug-likeness (QED) is 0.740. The van der Waals surface area contributed by atoms with Gasteiger partial charge in [0.15, 0.2) is 0 Å². The highest BCUT2D eigenvalue weighted by Crippen LogP contribution is 2.35. The first kappa shape index (κ1) is 16.3. The summed E-state index contributed by atoms with van der Waals surface area (Å²) < 4.78 is 27.0. The van der Waals surface area contributed by atoms with Gasteiger partial charge < -0.3 is 15.6 Å². The standard InChI is InChI=1S/C19H16F2N4O/c20-12-1-3-17(21)11(5-12)8-23-13-2-4-18-15(6-13)16(19(26)25-18)7-14-9-22-10-24-14/h1-5,7,9-10,15,23H,6,8H2,(H,22,24)(H,25,26)/b16-7-. The number of H-pyrrole nitrogens is 1. The molecule has 3 N–H and O–H groups in total. The van der Waals surface area contributed by atoms with Crippen LogP contribution in [0.15, 0.2) is 59.8 Å². The molecule has 0 spiro atoms. The summed E-state index contributed by atoms with van der Waals surface area (Å²) in [5.74, 6) is -1.17. The molecule has 0 bridgehead atoms. The van der Waals surface area contributed by atoms with Crippen molar-refractivity contribution in [3.05, 3.63) is 82.7 Å². The second-order valence-corrected chi connectivity index (χ2v) is 6.22. The Kier molecular flexibility index (Phi) is 4.12. The molecule has 1 aliphatic carbocycles. The number of amides is 1. The Hall–Kier alpha value is -3.22. The third-order valence-electron chi connectivity index (χ3n) is 4.50. The Balaban J connectivity index is 1.50. The molecule has 1 unspecified atom stereocenters. The van der Waals surface area contributed by atoms with E-state index in [1.807, 2.05) is 12.2 Å². The summed E-state index contributed by atoms with van der Waals surface area (Å²) in [6, 6.07) is 3.39. The first-order valence-corrected chi connectivity index (χ1v) is 8.20. The average molecular weight is 354 g/mol. The second-order valence-electron chi connectivity index (χ2n) is 6.22. The Bertz CT molecular complexity index is 944. The SMILES string of the molecule is O=C1NC2=CC=C(NCc3cc(F)ccc3F)CC2/C1=C/c1cnc[nH]1. The van der Waals surface area contributed by atoms with Crippen LogP contribution in [0.2, 0.25) is 0 Å². The number of aromatic amines is 1. The van der Waals surface area contributed by atoms with Crippen molar-refractivity contribution in [3.8, 4) is 0 Å². The zero-order valence-electron chi connectivity index (χ0n) is 13.7. The summed E-state index contributed by atoms with van der Waals surface area (Å²) in [5, 5.41) is 6.00. The van der Waals surface area contributed by atoms with Crippen molar-refractivity contribution in [2.24, 2.45) is 5.92 Å². The lowest BCUT2D eigenvalue weighted by molar-refractivity contribution is -0.115. The van der Waals surface area contributed by atoms with Crippen LogP contribution < -0.4 is 10.6 Å². The van der Waals surface area contributed by atoms with E-state index < -0.39 is 11.6 Å². The lowest BCUT2D eigenvalue weighted by Crippen LogP contribution is -2.20. The van der Waals surface area contributed by atoms with Crippen LogP contribution in [0.3, 0.4) is 0 Å². The molecule has 1 aromatic carbocycles. The minimum absolute atomic E-state index is 0.101. The minimum atomic E-state index is -0.474. The smallest absolute Gasteiger partial charge is 0.252 e. The molecule has 7 heteroatoms. The van der Waals surface area contributed by atoms with Crippen molar-refractivity contribution in [2.45, 2.75) is 13.0 Å². The van der Waals surface area contributed by atoms with Crippen molar-refractivity contribution < 1.29 is 13.6 Å². The summed E-state index contributed by atoms with van der Waals surface area (Å²) >= 11 is 0. The van der Waals surface area contributed by atoms with Crippen molar-refractivity contribution >= 4 is 12.0 Å². The van der Waals surface area contributed by atoms with Gasteiger partial charge in [-0.05, 0) is 42.8 Å². The molecule has 1 amide bonds. The second kappa shape index (κ2) is 6.59. The first-order chi connectivity index (χ1) is 12.6. The van der Waals surface area contributed by atoms with Gasteiger partial charge in [-0.1, -0.05) is 0 Å². The largest absolute Gasteiger partial charge is 0.384 e. The van der Waals surface area contributed by atoms with Crippen molar-refractivity contribution in [1.82, 2.24) is 20.6 Å². The van der Waals surface area contributed by atoms with E-state index in [1.54, 1.807) is 18.6 Å². The van der Waals surface area contributed by atoms with Crippen LogP contribution in [-0.4, -0.2) is 15.9 Å². The number of nitrogens with zero attached hydrogens (tertiary/aromatic N) is 1. The number of benzene rings is 1. The number of imidazole rings is 1. The first-order valence-electron chi connectivity index (χ1n) is 8.20. The number of carbonyl (C=O) groups is 1. The zero-order chi connectivity index (χ0) is 18.1. The number of fused-ring (bicyclic) bond motifs is 1. The average Bonchev–Trinajstić information content (AvgIpc) is 3.24. The molecule has 1 atom stereocenters. The molecule has 2 aromatic rings. The molecule has 2 heterocycles. The third-order valence-corrected chi connectivity index (χ3v) is 4.50. The van der Waals surface area contributed by atoms with Gasteiger partial charge in [0.25, 0.3) is 5.91 Å². The number of hydrogen-bond acceptors (Lipinski definition) is 3. The predicted molar refractivity (Wildman–Crippen MR) is 92.2 cm³/mol. The molecule has 1 aromatic heterocycles. The maximum Gasteiger partial charge on any atom is 0.252 e. The van der Waals surface area contributed by atoms with Gasteiger partial charge in [-0.3, -0.25) is 4.79 Å². The summed E-state index contributed by atoms with van der Waals surface area (Å²) in [6.45, 7) is 0.173. The molecule has 132 valence electrons. The molecule has 4 rings (SSSR count). The van der Waals surface area contributed by atoms with Gasteiger partial charge in [0.2, 0.25) is 0 Å². The number of hydrogen-bond donors (Lipinski definition) is 3. The number of nitrogens with one attached hydrogen (secondary N) is 3. The molecule has 2 aliphatic rings. The van der Waals surface area contributed by atoms with Crippen molar-refractivity contribution in [2.75, 3.05) is 0 Å². The van der Waals surface area contributed by atoms with Gasteiger partial charge in [-0.15, -0.1) is 0 Å². The molecule has 1 aliphatic heterocycles. The Labute approximate surface area is 148 Å². The fraction of sp³-hybridized carbons (Fsp3) is 0.158. The van der Waals surface area contributed by atoms with E-state index in [0.717, 1.165) is 29.2 Å². The number of allylic oxidation sites excluding steroid dienone is 4. The Morgan fingerprint density at radius 2 is 2.19 bits per heavy atom. The van der Waals surface area contributed by atoms with E-state index in [-0.39, 0.29) is 23.9 Å². The normalized spacial score (nSPS) is 20.5. The number of aromatic nitrogens is 2. The summed E-state index contributed by atoms with van der Waals surface area (Å²) in [6.07, 6.45) is 9.24. The summed E-state index contributed by atoms with van der Waals surface area (Å²) in [4.78, 5) is 19.2. The third kappa shape index (κ3) is 3.15. The number of rotatable bonds is 4. The van der Waals surface area contributed by atoms with E-state index in [0.29, 0.717) is 12.0 Å². The minimum Gasteiger partial charge on any atom is -0.384 e. The van der Waals surface area contributed by atoms with Crippen LogP contribution in [0.25, 0.3) is 6.08 Å². The zero-order valence-corrected chi connectivity index (χ0v) is 13.7. The van der Waals surface area contributed by atoms with Gasteiger partial charge in [-0.2, -0.15) is 0 Å². The van der Waals surface area contributed by atoms with Gasteiger partial charge >= 0.3 is 0 Å². The maximum atomic E-state index is 13.8. The molecule has 0 saturated carbocycles. The fourth-order valence-corrected chi connectivity index (χ4v) is 3.17. The van der Waals surface area contributed by atoms with E-state index in [2.05, 4.69) is 20.6 Å². The van der Waals surface area contributed by atoms with Crippen LogP contribution >= 0.6 is 0 Å². The lowest BCUT2D eigenvalue weighted by atomic mass is 9.90. The van der Waals surface area contributed by atoms with Crippen LogP contribution in [0.4, 0.5) is 8.78 Å². The highest BCUT2D eigenvalue weighted by atomic mass is 19.1. The highest BCUT2D eigenvalue weighted by molar-refractivity contribution is 6.03. The number of halogens is 2. The van der Waals surface area contributed by atoms with Crippen LogP contribution in [0, 0.1) is 17.6 Å². The van der Waals surface area contributed by atoms with Crippen LogP contribution in [-0.2, 0) is 11.3 Å². The van der Waals surface area contributed by atoms with E-state index in [4.69, 9.17) is 0 Å². The molecular formula is C19H16F2N4O. The van der Waals surface area contributed by atoms with E-state index in [9.17, 15) is 13.6 Å². The highest BCUT2D eigenvalue weighted by Gasteiger charge is 2.34. The lowest BCUT2D eigenvalue weighted by Gasteiger charge is -2.20. The molecule has 5 nitrogen and oxygen atoms in total. The van der Waals surface area contributed by atoms with Gasteiger partial charge in [-0.25, -0.2) is 13.8 Å². The molecule has 1 fully saturated rings. The fourth-order valence-electron chi connectivity index (χ4n) is 3.17. The van der Waals surface area contributed by atoms with Gasteiger partial charge in [0.1, 0.15) is 11.6 Å². The molecular weight excluding hydrogens is 338 g/mol. The number of carbonyl (C=O) groups excluding carboxylic acids is 1. The van der Waals surface area contributed by atoms with E-state index >= 15 is 0 Å². The molecule has 0 radical (unpaired) electrons. The maximum absolute atomic E-state index is 13.8. The van der Waals surface area contributed by atoms with Crippen LogP contribution in [0.5, 0.6) is 0 Å². The molecule has 1 saturated heterocycles. The Morgan fingerprint density at radius 3 is 3.00 bits per heavy atom. The Morgan fingerprint density at radius 1 is 1.31 bits per heavy atom. The van der Waals surface area contributed by atoms with E-state index in [1.165, 1.54) is 6.07 Å². The van der Waals surface area contributed by atoms with Crippen molar-refractivity contribution in [1.29, 1.82) is 0 Å². The van der Waals surface area contributed by atoms with Crippen molar-refractivity contribution in [3.63, 3.8) is 0 Å². The summed E-state index contributed by atoms with van der Waals surface area (Å²) in [7, 11) is 0. The molecule has 26 heavy (non-hydrogen) atoms. The van der Waals surface area contributed by atoms with Gasteiger partial charge in [0.05, 0.1) is 18.2 Å². The van der Waals surface area contributed by atoms with Gasteiger partial charge in [0, 0.05) is 35.0 Å². The summed E-state index contributed by atoms with van der Waals surface area (Å²) in [5.41, 5.74) is 3.35.